The number of amides is 3. The molecule has 0 saturated heterocycles. The van der Waals surface area contributed by atoms with Crippen LogP contribution in [0, 0.1) is 0 Å². The number of para-hydroxylation sites is 1. The standard InChI is InChI=1S/C20H30N4O4/c1-3-16-20(27)24(2)14-19(26)23-13-18(25)22-10-6-8-15-7-4-5-9-17(15)28-12-11-21-16/h4-5,7,9,16,21H,3,6,8,10-14H2,1-2H3,(H,22,25)(H,23,26). The van der Waals surface area contributed by atoms with E-state index in [0.717, 1.165) is 24.2 Å². The van der Waals surface area contributed by atoms with Crippen LogP contribution in [0.5, 0.6) is 5.75 Å². The van der Waals surface area contributed by atoms with Gasteiger partial charge in [-0.2, -0.15) is 0 Å². The summed E-state index contributed by atoms with van der Waals surface area (Å²) in [4.78, 5) is 37.8. The lowest BCUT2D eigenvalue weighted by atomic mass is 10.1. The molecule has 1 aromatic carbocycles. The van der Waals surface area contributed by atoms with Crippen LogP contribution in [-0.4, -0.2) is 68.5 Å². The minimum absolute atomic E-state index is 0.0891. The fourth-order valence-electron chi connectivity index (χ4n) is 3.01. The molecule has 3 N–H and O–H groups in total. The number of hydrogen-bond acceptors (Lipinski definition) is 5. The van der Waals surface area contributed by atoms with Gasteiger partial charge < -0.3 is 25.6 Å². The molecule has 8 heteroatoms. The van der Waals surface area contributed by atoms with Gasteiger partial charge in [-0.1, -0.05) is 25.1 Å². The number of hydrogen-bond donors (Lipinski definition) is 3. The van der Waals surface area contributed by atoms with Crippen molar-refractivity contribution < 1.29 is 19.1 Å². The molecular formula is C20H30N4O4. The summed E-state index contributed by atoms with van der Waals surface area (Å²) < 4.78 is 5.89. The van der Waals surface area contributed by atoms with E-state index < -0.39 is 0 Å². The van der Waals surface area contributed by atoms with Crippen LogP contribution in [0.25, 0.3) is 0 Å². The molecule has 0 spiro atoms. The largest absolute Gasteiger partial charge is 0.492 e. The molecule has 0 radical (unpaired) electrons. The second-order valence-electron chi connectivity index (χ2n) is 6.80. The maximum Gasteiger partial charge on any atom is 0.240 e. The van der Waals surface area contributed by atoms with Crippen LogP contribution in [0.15, 0.2) is 24.3 Å². The lowest BCUT2D eigenvalue weighted by Crippen LogP contribution is -2.49. The Bertz CT molecular complexity index is 680. The summed E-state index contributed by atoms with van der Waals surface area (Å²) >= 11 is 0. The second kappa shape index (κ2) is 11.3. The summed E-state index contributed by atoms with van der Waals surface area (Å²) in [6, 6.07) is 7.44. The predicted octanol–water partition coefficient (Wildman–Crippen LogP) is 0.0706. The van der Waals surface area contributed by atoms with Crippen LogP contribution < -0.4 is 20.7 Å². The van der Waals surface area contributed by atoms with Crippen LogP contribution in [0.3, 0.4) is 0 Å². The molecule has 8 nitrogen and oxygen atoms in total. The molecule has 0 fully saturated rings. The van der Waals surface area contributed by atoms with Crippen molar-refractivity contribution in [3.05, 3.63) is 29.8 Å². The molecule has 1 aliphatic heterocycles. The van der Waals surface area contributed by atoms with Crippen LogP contribution >= 0.6 is 0 Å². The first-order chi connectivity index (χ1) is 13.5. The second-order valence-corrected chi connectivity index (χ2v) is 6.80. The number of nitrogens with zero attached hydrogens (tertiary/aromatic N) is 1. The molecule has 0 bridgehead atoms. The fourth-order valence-corrected chi connectivity index (χ4v) is 3.01. The van der Waals surface area contributed by atoms with E-state index in [4.69, 9.17) is 4.74 Å². The SMILES string of the molecule is CCC1NCCOc2ccccc2CCCNC(=O)CNC(=O)CN(C)C1=O. The van der Waals surface area contributed by atoms with Gasteiger partial charge in [-0.3, -0.25) is 14.4 Å². The molecule has 0 aromatic heterocycles. The van der Waals surface area contributed by atoms with Gasteiger partial charge in [0, 0.05) is 20.1 Å². The molecule has 1 aromatic rings. The minimum Gasteiger partial charge on any atom is -0.492 e. The number of ether oxygens (including phenoxy) is 1. The Morgan fingerprint density at radius 1 is 1.11 bits per heavy atom. The van der Waals surface area contributed by atoms with Crippen molar-refractivity contribution in [2.75, 3.05) is 39.8 Å². The average molecular weight is 390 g/mol. The Morgan fingerprint density at radius 2 is 1.89 bits per heavy atom. The van der Waals surface area contributed by atoms with Crippen molar-refractivity contribution in [1.29, 1.82) is 0 Å². The Morgan fingerprint density at radius 3 is 2.68 bits per heavy atom. The normalized spacial score (nSPS) is 20.9. The summed E-state index contributed by atoms with van der Waals surface area (Å²) in [5.41, 5.74) is 1.08. The first-order valence-electron chi connectivity index (χ1n) is 9.73. The average Bonchev–Trinajstić information content (AvgIpc) is 2.69. The zero-order valence-electron chi connectivity index (χ0n) is 16.6. The number of carbonyl (C=O) groups is 3. The van der Waals surface area contributed by atoms with Gasteiger partial charge in [-0.25, -0.2) is 0 Å². The van der Waals surface area contributed by atoms with Crippen molar-refractivity contribution in [3.8, 4) is 5.75 Å². The maximum atomic E-state index is 12.5. The van der Waals surface area contributed by atoms with Crippen molar-refractivity contribution >= 4 is 17.7 Å². The quantitative estimate of drug-likeness (QED) is 0.630. The molecule has 0 aliphatic carbocycles. The summed E-state index contributed by atoms with van der Waals surface area (Å²) in [6.45, 7) is 3.19. The van der Waals surface area contributed by atoms with E-state index in [0.29, 0.717) is 26.1 Å². The van der Waals surface area contributed by atoms with Crippen molar-refractivity contribution in [1.82, 2.24) is 20.9 Å². The number of benzene rings is 1. The Labute approximate surface area is 166 Å². The number of likely N-dealkylation sites (N-methyl/N-ethyl adjacent to an activating group) is 1. The van der Waals surface area contributed by atoms with Crippen molar-refractivity contribution in [3.63, 3.8) is 0 Å². The number of fused-ring (bicyclic) bond motifs is 1. The topological polar surface area (TPSA) is 99.8 Å². The van der Waals surface area contributed by atoms with E-state index in [1.54, 1.807) is 7.05 Å². The third-order valence-corrected chi connectivity index (χ3v) is 4.58. The van der Waals surface area contributed by atoms with Crippen LogP contribution in [0.2, 0.25) is 0 Å². The summed E-state index contributed by atoms with van der Waals surface area (Å²) in [5.74, 6) is 0.0458. The first-order valence-corrected chi connectivity index (χ1v) is 9.73. The van der Waals surface area contributed by atoms with Crippen LogP contribution in [0.1, 0.15) is 25.3 Å². The number of rotatable bonds is 1. The van der Waals surface area contributed by atoms with Gasteiger partial charge in [-0.15, -0.1) is 0 Å². The van der Waals surface area contributed by atoms with E-state index in [1.165, 1.54) is 4.90 Å². The third kappa shape index (κ3) is 6.84. The van der Waals surface area contributed by atoms with E-state index in [1.807, 2.05) is 31.2 Å². The zero-order valence-corrected chi connectivity index (χ0v) is 16.6. The molecule has 1 heterocycles. The molecular weight excluding hydrogens is 360 g/mol. The molecule has 2 rings (SSSR count). The molecule has 1 atom stereocenters. The van der Waals surface area contributed by atoms with Gasteiger partial charge in [-0.05, 0) is 30.9 Å². The maximum absolute atomic E-state index is 12.5. The lowest BCUT2D eigenvalue weighted by Gasteiger charge is -2.23. The minimum atomic E-state index is -0.390. The number of carbonyl (C=O) groups excluding carboxylic acids is 3. The molecule has 1 aliphatic rings. The highest BCUT2D eigenvalue weighted by molar-refractivity contribution is 5.89. The van der Waals surface area contributed by atoms with Crippen LogP contribution in [-0.2, 0) is 20.8 Å². The monoisotopic (exact) mass is 390 g/mol. The predicted molar refractivity (Wildman–Crippen MR) is 106 cm³/mol. The van der Waals surface area contributed by atoms with E-state index in [2.05, 4.69) is 16.0 Å². The highest BCUT2D eigenvalue weighted by Crippen LogP contribution is 2.19. The van der Waals surface area contributed by atoms with Gasteiger partial charge in [0.25, 0.3) is 0 Å². The van der Waals surface area contributed by atoms with E-state index >= 15 is 0 Å². The summed E-state index contributed by atoms with van der Waals surface area (Å²) in [6.07, 6.45) is 2.15. The summed E-state index contributed by atoms with van der Waals surface area (Å²) in [5, 5.41) is 8.53. The van der Waals surface area contributed by atoms with Gasteiger partial charge in [0.1, 0.15) is 12.4 Å². The number of aryl methyl sites for hydroxylation is 1. The molecule has 28 heavy (non-hydrogen) atoms. The van der Waals surface area contributed by atoms with E-state index in [9.17, 15) is 14.4 Å². The van der Waals surface area contributed by atoms with Gasteiger partial charge in [0.05, 0.1) is 19.1 Å². The highest BCUT2D eigenvalue weighted by atomic mass is 16.5. The van der Waals surface area contributed by atoms with Gasteiger partial charge in [0.2, 0.25) is 17.7 Å². The lowest BCUT2D eigenvalue weighted by molar-refractivity contribution is -0.136. The van der Waals surface area contributed by atoms with Crippen molar-refractivity contribution in [2.24, 2.45) is 0 Å². The summed E-state index contributed by atoms with van der Waals surface area (Å²) in [7, 11) is 1.58. The molecule has 0 saturated carbocycles. The molecule has 3 amide bonds. The smallest absolute Gasteiger partial charge is 0.240 e. The zero-order chi connectivity index (χ0) is 20.4. The van der Waals surface area contributed by atoms with Crippen LogP contribution in [0.4, 0.5) is 0 Å². The molecule has 1 unspecified atom stereocenters. The molecule has 154 valence electrons. The first kappa shape index (κ1) is 21.7. The highest BCUT2D eigenvalue weighted by Gasteiger charge is 2.21. The Balaban J connectivity index is 2.05. The third-order valence-electron chi connectivity index (χ3n) is 4.58. The van der Waals surface area contributed by atoms with Gasteiger partial charge >= 0.3 is 0 Å². The van der Waals surface area contributed by atoms with E-state index in [-0.39, 0.29) is 36.9 Å². The van der Waals surface area contributed by atoms with Crippen molar-refractivity contribution in [2.45, 2.75) is 32.2 Å². The Hall–Kier alpha value is -2.61. The fraction of sp³-hybridized carbons (Fsp3) is 0.550. The van der Waals surface area contributed by atoms with Gasteiger partial charge in [0.15, 0.2) is 0 Å². The number of nitrogens with one attached hydrogen (secondary N) is 3. The Kier molecular flexibility index (Phi) is 8.74.